The van der Waals surface area contributed by atoms with Crippen LogP contribution in [-0.2, 0) is 9.53 Å². The summed E-state index contributed by atoms with van der Waals surface area (Å²) in [6.45, 7) is 5.30. The summed E-state index contributed by atoms with van der Waals surface area (Å²) < 4.78 is 5.43. The van der Waals surface area contributed by atoms with Gasteiger partial charge < -0.3 is 20.7 Å². The van der Waals surface area contributed by atoms with Gasteiger partial charge in [0.05, 0.1) is 36.2 Å². The average molecular weight is 288 g/mol. The molecule has 1 unspecified atom stereocenters. The number of anilines is 2. The molecule has 0 aromatic heterocycles. The van der Waals surface area contributed by atoms with Crippen molar-refractivity contribution in [3.63, 3.8) is 0 Å². The molecule has 0 spiro atoms. The number of hydrogen-bond acceptors (Lipinski definition) is 5. The van der Waals surface area contributed by atoms with Gasteiger partial charge in [-0.05, 0) is 32.0 Å². The summed E-state index contributed by atoms with van der Waals surface area (Å²) in [4.78, 5) is 14.2. The highest BCUT2D eigenvalue weighted by atomic mass is 16.5. The van der Waals surface area contributed by atoms with Gasteiger partial charge in [0.25, 0.3) is 0 Å². The van der Waals surface area contributed by atoms with Gasteiger partial charge >= 0.3 is 0 Å². The molecule has 1 aromatic rings. The Labute approximate surface area is 124 Å². The minimum Gasteiger partial charge on any atom is -0.397 e. The second kappa shape index (κ2) is 6.46. The third-order valence-electron chi connectivity index (χ3n) is 3.33. The number of ether oxygens (including phenoxy) is 1. The molecule has 1 fully saturated rings. The van der Waals surface area contributed by atoms with Crippen molar-refractivity contribution in [3.05, 3.63) is 23.8 Å². The second-order valence-electron chi connectivity index (χ2n) is 5.33. The monoisotopic (exact) mass is 288 g/mol. The van der Waals surface area contributed by atoms with E-state index in [0.717, 1.165) is 5.69 Å². The molecule has 0 saturated carbocycles. The molecule has 1 aliphatic rings. The number of nitrogen functional groups attached to an aromatic ring is 1. The third-order valence-corrected chi connectivity index (χ3v) is 3.33. The number of carbonyl (C=O) groups excluding carboxylic acids is 1. The lowest BCUT2D eigenvalue weighted by atomic mass is 10.1. The number of benzene rings is 1. The molecule has 0 aliphatic carbocycles. The molecule has 1 saturated heterocycles. The first-order valence-electron chi connectivity index (χ1n) is 6.97. The molecule has 1 atom stereocenters. The number of amides is 1. The SMILES string of the molecule is CC(C)NC(=O)C1COCCN1c1ccc(C#N)cc1N. The van der Waals surface area contributed by atoms with Gasteiger partial charge in [-0.15, -0.1) is 0 Å². The van der Waals surface area contributed by atoms with E-state index in [9.17, 15) is 4.79 Å². The Morgan fingerprint density at radius 1 is 1.57 bits per heavy atom. The van der Waals surface area contributed by atoms with Crippen LogP contribution in [0.3, 0.4) is 0 Å². The number of nitrogens with zero attached hydrogens (tertiary/aromatic N) is 2. The van der Waals surface area contributed by atoms with Crippen LogP contribution >= 0.6 is 0 Å². The first-order valence-corrected chi connectivity index (χ1v) is 6.97. The van der Waals surface area contributed by atoms with E-state index >= 15 is 0 Å². The Hall–Kier alpha value is -2.26. The predicted octanol–water partition coefficient (Wildman–Crippen LogP) is 0.870. The molecule has 1 heterocycles. The maximum Gasteiger partial charge on any atom is 0.245 e. The van der Waals surface area contributed by atoms with Crippen LogP contribution in [0.2, 0.25) is 0 Å². The number of morpholine rings is 1. The summed E-state index contributed by atoms with van der Waals surface area (Å²) >= 11 is 0. The van der Waals surface area contributed by atoms with Crippen molar-refractivity contribution in [3.8, 4) is 6.07 Å². The van der Waals surface area contributed by atoms with Gasteiger partial charge in [0.2, 0.25) is 5.91 Å². The number of nitrogens with two attached hydrogens (primary N) is 1. The molecule has 21 heavy (non-hydrogen) atoms. The Morgan fingerprint density at radius 2 is 2.33 bits per heavy atom. The summed E-state index contributed by atoms with van der Waals surface area (Å²) in [6.07, 6.45) is 0. The van der Waals surface area contributed by atoms with E-state index in [1.54, 1.807) is 18.2 Å². The third kappa shape index (κ3) is 3.44. The fourth-order valence-corrected chi connectivity index (χ4v) is 2.38. The highest BCUT2D eigenvalue weighted by Gasteiger charge is 2.30. The van der Waals surface area contributed by atoms with E-state index in [-0.39, 0.29) is 11.9 Å². The molecule has 6 heteroatoms. The van der Waals surface area contributed by atoms with Gasteiger partial charge in [0.15, 0.2) is 0 Å². The van der Waals surface area contributed by atoms with Crippen molar-refractivity contribution in [1.82, 2.24) is 5.32 Å². The predicted molar refractivity (Wildman–Crippen MR) is 80.8 cm³/mol. The van der Waals surface area contributed by atoms with Crippen molar-refractivity contribution < 1.29 is 9.53 Å². The van der Waals surface area contributed by atoms with Gasteiger partial charge in [0, 0.05) is 12.6 Å². The molecular weight excluding hydrogens is 268 g/mol. The van der Waals surface area contributed by atoms with E-state index < -0.39 is 6.04 Å². The molecule has 0 radical (unpaired) electrons. The lowest BCUT2D eigenvalue weighted by molar-refractivity contribution is -0.125. The summed E-state index contributed by atoms with van der Waals surface area (Å²) in [7, 11) is 0. The molecule has 2 rings (SSSR count). The van der Waals surface area contributed by atoms with E-state index in [1.165, 1.54) is 0 Å². The lowest BCUT2D eigenvalue weighted by Crippen LogP contribution is -2.55. The summed E-state index contributed by atoms with van der Waals surface area (Å²) in [5.74, 6) is -0.0755. The topological polar surface area (TPSA) is 91.4 Å². The maximum absolute atomic E-state index is 12.3. The van der Waals surface area contributed by atoms with Gasteiger partial charge in [-0.25, -0.2) is 0 Å². The standard InChI is InChI=1S/C15H20N4O2/c1-10(2)18-15(20)14-9-21-6-5-19(14)13-4-3-11(8-16)7-12(13)17/h3-4,7,10,14H,5-6,9,17H2,1-2H3,(H,18,20). The van der Waals surface area contributed by atoms with Crippen molar-refractivity contribution in [2.45, 2.75) is 25.9 Å². The molecular formula is C15H20N4O2. The van der Waals surface area contributed by atoms with Gasteiger partial charge in [-0.1, -0.05) is 0 Å². The van der Waals surface area contributed by atoms with Gasteiger partial charge in [-0.2, -0.15) is 5.26 Å². The zero-order valence-corrected chi connectivity index (χ0v) is 12.3. The molecule has 6 nitrogen and oxygen atoms in total. The molecule has 3 N–H and O–H groups in total. The van der Waals surface area contributed by atoms with E-state index in [2.05, 4.69) is 11.4 Å². The zero-order chi connectivity index (χ0) is 15.4. The van der Waals surface area contributed by atoms with Crippen LogP contribution in [0.5, 0.6) is 0 Å². The van der Waals surface area contributed by atoms with Crippen molar-refractivity contribution in [1.29, 1.82) is 5.26 Å². The van der Waals surface area contributed by atoms with E-state index in [0.29, 0.717) is 31.0 Å². The average Bonchev–Trinajstić information content (AvgIpc) is 2.46. The Morgan fingerprint density at radius 3 is 2.95 bits per heavy atom. The van der Waals surface area contributed by atoms with Crippen LogP contribution in [0.15, 0.2) is 18.2 Å². The fraction of sp³-hybridized carbons (Fsp3) is 0.467. The van der Waals surface area contributed by atoms with Crippen LogP contribution in [0, 0.1) is 11.3 Å². The smallest absolute Gasteiger partial charge is 0.245 e. The first-order chi connectivity index (χ1) is 10.0. The molecule has 0 bridgehead atoms. The number of hydrogen-bond donors (Lipinski definition) is 2. The second-order valence-corrected chi connectivity index (χ2v) is 5.33. The molecule has 1 aliphatic heterocycles. The number of carbonyl (C=O) groups is 1. The van der Waals surface area contributed by atoms with E-state index in [4.69, 9.17) is 15.7 Å². The van der Waals surface area contributed by atoms with Crippen molar-refractivity contribution in [2.24, 2.45) is 0 Å². The molecule has 1 amide bonds. The van der Waals surface area contributed by atoms with Gasteiger partial charge in [0.1, 0.15) is 6.04 Å². The quantitative estimate of drug-likeness (QED) is 0.805. The highest BCUT2D eigenvalue weighted by molar-refractivity contribution is 5.87. The van der Waals surface area contributed by atoms with Crippen molar-refractivity contribution >= 4 is 17.3 Å². The zero-order valence-electron chi connectivity index (χ0n) is 12.3. The lowest BCUT2D eigenvalue weighted by Gasteiger charge is -2.37. The summed E-state index contributed by atoms with van der Waals surface area (Å²) in [6, 6.07) is 6.84. The Balaban J connectivity index is 2.26. The van der Waals surface area contributed by atoms with Crippen LogP contribution < -0.4 is 16.0 Å². The molecule has 1 aromatic carbocycles. The van der Waals surface area contributed by atoms with Crippen molar-refractivity contribution in [2.75, 3.05) is 30.4 Å². The Bertz CT molecular complexity index is 565. The van der Waals surface area contributed by atoms with Crippen LogP contribution in [-0.4, -0.2) is 37.7 Å². The molecule has 112 valence electrons. The van der Waals surface area contributed by atoms with E-state index in [1.807, 2.05) is 18.7 Å². The minimum atomic E-state index is -0.406. The number of nitrogens with one attached hydrogen (secondary N) is 1. The minimum absolute atomic E-state index is 0.0691. The largest absolute Gasteiger partial charge is 0.397 e. The summed E-state index contributed by atoms with van der Waals surface area (Å²) in [5, 5.41) is 11.8. The van der Waals surface area contributed by atoms with Gasteiger partial charge in [-0.3, -0.25) is 4.79 Å². The normalized spacial score (nSPS) is 18.4. The number of nitriles is 1. The fourth-order valence-electron chi connectivity index (χ4n) is 2.38. The van der Waals surface area contributed by atoms with Crippen LogP contribution in [0.25, 0.3) is 0 Å². The first kappa shape index (κ1) is 15.1. The maximum atomic E-state index is 12.3. The highest BCUT2D eigenvalue weighted by Crippen LogP contribution is 2.27. The summed E-state index contributed by atoms with van der Waals surface area (Å²) in [5.41, 5.74) is 7.80. The van der Waals surface area contributed by atoms with Crippen LogP contribution in [0.4, 0.5) is 11.4 Å². The van der Waals surface area contributed by atoms with Crippen LogP contribution in [0.1, 0.15) is 19.4 Å². The Kier molecular flexibility index (Phi) is 4.66. The number of rotatable bonds is 3.